The van der Waals surface area contributed by atoms with Crippen LogP contribution in [0.1, 0.15) is 5.82 Å². The van der Waals surface area contributed by atoms with Gasteiger partial charge in [0, 0.05) is 44.3 Å². The van der Waals surface area contributed by atoms with Crippen molar-refractivity contribution in [2.75, 3.05) is 31.1 Å². The Morgan fingerprint density at radius 1 is 1.00 bits per heavy atom. The number of H-pyrrole nitrogens is 1. The van der Waals surface area contributed by atoms with E-state index in [1.165, 1.54) is 5.69 Å². The van der Waals surface area contributed by atoms with Gasteiger partial charge in [-0.3, -0.25) is 4.90 Å². The maximum Gasteiger partial charge on any atom is 0.120 e. The molecule has 0 radical (unpaired) electrons. The summed E-state index contributed by atoms with van der Waals surface area (Å²) in [7, 11) is 0. The van der Waals surface area contributed by atoms with Crippen LogP contribution in [0.2, 0.25) is 0 Å². The third kappa shape index (κ3) is 4.13. The Bertz CT molecular complexity index is 467. The monoisotopic (exact) mass is 314 g/mol. The molecule has 1 saturated heterocycles. The maximum atomic E-state index is 4.28. The number of nitrogens with one attached hydrogen (secondary N) is 1. The van der Waals surface area contributed by atoms with Crippen LogP contribution in [-0.2, 0) is 6.54 Å². The zero-order valence-electron chi connectivity index (χ0n) is 11.2. The second-order valence-electron chi connectivity index (χ2n) is 4.63. The SMILES string of the molecule is Cl.Cl.c1ccc(N2CCN(Cc3ncc[nH]3)CC2)cc1. The number of hydrogen-bond acceptors (Lipinski definition) is 3. The Morgan fingerprint density at radius 2 is 1.70 bits per heavy atom. The zero-order chi connectivity index (χ0) is 12.2. The molecule has 1 N–H and O–H groups in total. The van der Waals surface area contributed by atoms with Crippen molar-refractivity contribution in [1.29, 1.82) is 0 Å². The molecule has 2 heterocycles. The van der Waals surface area contributed by atoms with E-state index < -0.39 is 0 Å². The van der Waals surface area contributed by atoms with Crippen molar-refractivity contribution in [2.45, 2.75) is 6.54 Å². The van der Waals surface area contributed by atoms with Gasteiger partial charge in [0.05, 0.1) is 6.54 Å². The molecule has 0 amide bonds. The van der Waals surface area contributed by atoms with Gasteiger partial charge < -0.3 is 9.88 Å². The molecular weight excluding hydrogens is 295 g/mol. The second-order valence-corrected chi connectivity index (χ2v) is 4.63. The maximum absolute atomic E-state index is 4.28. The summed E-state index contributed by atoms with van der Waals surface area (Å²) in [6, 6.07) is 10.6. The number of aromatic nitrogens is 2. The first-order valence-corrected chi connectivity index (χ1v) is 6.42. The van der Waals surface area contributed by atoms with Crippen LogP contribution in [0.15, 0.2) is 42.7 Å². The predicted octanol–water partition coefficient (Wildman–Crippen LogP) is 2.58. The van der Waals surface area contributed by atoms with E-state index in [4.69, 9.17) is 0 Å². The molecule has 1 aromatic heterocycles. The molecule has 2 aromatic rings. The van der Waals surface area contributed by atoms with Gasteiger partial charge in [-0.15, -0.1) is 24.8 Å². The van der Waals surface area contributed by atoms with E-state index in [-0.39, 0.29) is 24.8 Å². The molecule has 20 heavy (non-hydrogen) atoms. The van der Waals surface area contributed by atoms with Crippen molar-refractivity contribution in [3.63, 3.8) is 0 Å². The molecule has 0 bridgehead atoms. The number of imidazole rings is 1. The summed E-state index contributed by atoms with van der Waals surface area (Å²) in [5, 5.41) is 0. The lowest BCUT2D eigenvalue weighted by Gasteiger charge is -2.35. The van der Waals surface area contributed by atoms with E-state index in [0.717, 1.165) is 38.5 Å². The van der Waals surface area contributed by atoms with E-state index in [2.05, 4.69) is 50.1 Å². The van der Waals surface area contributed by atoms with Crippen LogP contribution in [0.3, 0.4) is 0 Å². The third-order valence-corrected chi connectivity index (χ3v) is 3.42. The van der Waals surface area contributed by atoms with Crippen molar-refractivity contribution in [2.24, 2.45) is 0 Å². The second kappa shape index (κ2) is 8.15. The van der Waals surface area contributed by atoms with Crippen LogP contribution in [0.4, 0.5) is 5.69 Å². The van der Waals surface area contributed by atoms with Gasteiger partial charge in [0.25, 0.3) is 0 Å². The first-order chi connectivity index (χ1) is 8.92. The van der Waals surface area contributed by atoms with Crippen LogP contribution >= 0.6 is 24.8 Å². The molecule has 3 rings (SSSR count). The Labute approximate surface area is 132 Å². The molecule has 1 fully saturated rings. The summed E-state index contributed by atoms with van der Waals surface area (Å²) in [6.45, 7) is 5.29. The summed E-state index contributed by atoms with van der Waals surface area (Å²) < 4.78 is 0. The average Bonchev–Trinajstić information content (AvgIpc) is 2.94. The first kappa shape index (κ1) is 16.8. The van der Waals surface area contributed by atoms with Gasteiger partial charge in [-0.2, -0.15) is 0 Å². The molecule has 0 aliphatic carbocycles. The number of para-hydroxylation sites is 1. The van der Waals surface area contributed by atoms with Crippen molar-refractivity contribution in [3.8, 4) is 0 Å². The average molecular weight is 315 g/mol. The Morgan fingerprint density at radius 3 is 2.30 bits per heavy atom. The standard InChI is InChI=1S/C14H18N4.2ClH/c1-2-4-13(5-3-1)18-10-8-17(9-11-18)12-14-15-6-7-16-14;;/h1-7H,8-12H2,(H,15,16);2*1H. The number of halogens is 2. The number of benzene rings is 1. The normalized spacial score (nSPS) is 15.3. The fourth-order valence-electron chi connectivity index (χ4n) is 2.40. The van der Waals surface area contributed by atoms with E-state index in [9.17, 15) is 0 Å². The minimum Gasteiger partial charge on any atom is -0.369 e. The Kier molecular flexibility index (Phi) is 6.85. The molecule has 4 nitrogen and oxygen atoms in total. The van der Waals surface area contributed by atoms with E-state index in [0.29, 0.717) is 0 Å². The van der Waals surface area contributed by atoms with Crippen LogP contribution in [0, 0.1) is 0 Å². The quantitative estimate of drug-likeness (QED) is 0.945. The summed E-state index contributed by atoms with van der Waals surface area (Å²) in [6.07, 6.45) is 3.70. The highest BCUT2D eigenvalue weighted by Gasteiger charge is 2.17. The molecule has 1 aliphatic rings. The number of anilines is 1. The van der Waals surface area contributed by atoms with Crippen LogP contribution < -0.4 is 4.90 Å². The Balaban J connectivity index is 0.000001000. The van der Waals surface area contributed by atoms with Crippen LogP contribution in [-0.4, -0.2) is 41.0 Å². The van der Waals surface area contributed by atoms with Gasteiger partial charge in [-0.25, -0.2) is 4.98 Å². The topological polar surface area (TPSA) is 35.2 Å². The van der Waals surface area contributed by atoms with E-state index >= 15 is 0 Å². The number of rotatable bonds is 3. The van der Waals surface area contributed by atoms with Crippen LogP contribution in [0.25, 0.3) is 0 Å². The molecule has 0 spiro atoms. The van der Waals surface area contributed by atoms with Gasteiger partial charge in [-0.05, 0) is 12.1 Å². The highest BCUT2D eigenvalue weighted by atomic mass is 35.5. The van der Waals surface area contributed by atoms with Gasteiger partial charge in [0.15, 0.2) is 0 Å². The highest BCUT2D eigenvalue weighted by molar-refractivity contribution is 5.85. The van der Waals surface area contributed by atoms with Gasteiger partial charge >= 0.3 is 0 Å². The minimum absolute atomic E-state index is 0. The molecule has 0 saturated carbocycles. The fraction of sp³-hybridized carbons (Fsp3) is 0.357. The summed E-state index contributed by atoms with van der Waals surface area (Å²) in [5.74, 6) is 1.06. The summed E-state index contributed by atoms with van der Waals surface area (Å²) >= 11 is 0. The molecule has 0 unspecified atom stereocenters. The minimum atomic E-state index is 0. The molecule has 110 valence electrons. The lowest BCUT2D eigenvalue weighted by Crippen LogP contribution is -2.46. The number of nitrogens with zero attached hydrogens (tertiary/aromatic N) is 3. The van der Waals surface area contributed by atoms with E-state index in [1.54, 1.807) is 0 Å². The van der Waals surface area contributed by atoms with Gasteiger partial charge in [0.2, 0.25) is 0 Å². The molecule has 6 heteroatoms. The third-order valence-electron chi connectivity index (χ3n) is 3.42. The number of piperazine rings is 1. The smallest absolute Gasteiger partial charge is 0.120 e. The Hall–Kier alpha value is -1.23. The van der Waals surface area contributed by atoms with Gasteiger partial charge in [-0.1, -0.05) is 18.2 Å². The lowest BCUT2D eigenvalue weighted by molar-refractivity contribution is 0.244. The largest absolute Gasteiger partial charge is 0.369 e. The molecule has 0 atom stereocenters. The van der Waals surface area contributed by atoms with E-state index in [1.807, 2.05) is 12.4 Å². The van der Waals surface area contributed by atoms with Crippen molar-refractivity contribution in [1.82, 2.24) is 14.9 Å². The van der Waals surface area contributed by atoms with Crippen molar-refractivity contribution in [3.05, 3.63) is 48.5 Å². The summed E-state index contributed by atoms with van der Waals surface area (Å²) in [5.41, 5.74) is 1.33. The van der Waals surface area contributed by atoms with Crippen molar-refractivity contribution >= 4 is 30.5 Å². The fourth-order valence-corrected chi connectivity index (χ4v) is 2.40. The number of hydrogen-bond donors (Lipinski definition) is 1. The summed E-state index contributed by atoms with van der Waals surface area (Å²) in [4.78, 5) is 12.3. The molecule has 1 aliphatic heterocycles. The molecular formula is C14H20Cl2N4. The van der Waals surface area contributed by atoms with Gasteiger partial charge in [0.1, 0.15) is 5.82 Å². The highest BCUT2D eigenvalue weighted by Crippen LogP contribution is 2.15. The predicted molar refractivity (Wildman–Crippen MR) is 87.0 cm³/mol. The lowest BCUT2D eigenvalue weighted by atomic mass is 10.2. The first-order valence-electron chi connectivity index (χ1n) is 6.42. The zero-order valence-corrected chi connectivity index (χ0v) is 12.9. The van der Waals surface area contributed by atoms with Crippen molar-refractivity contribution < 1.29 is 0 Å². The molecule has 1 aromatic carbocycles. The number of aromatic amines is 1. The van der Waals surface area contributed by atoms with Crippen LogP contribution in [0.5, 0.6) is 0 Å².